The number of aliphatic imine (C=N–C) groups is 1. The van der Waals surface area contributed by atoms with Crippen LogP contribution in [0, 0.1) is 0 Å². The SMILES string of the molecule is C=CCNC(=NCCCCOCCOC)NCC. The molecule has 0 aromatic heterocycles. The molecule has 18 heavy (non-hydrogen) atoms. The van der Waals surface area contributed by atoms with Crippen LogP contribution in [-0.4, -0.2) is 52.5 Å². The van der Waals surface area contributed by atoms with Crippen molar-refractivity contribution < 1.29 is 9.47 Å². The maximum absolute atomic E-state index is 5.38. The molecule has 5 heteroatoms. The first-order chi connectivity index (χ1) is 8.85. The highest BCUT2D eigenvalue weighted by atomic mass is 16.5. The van der Waals surface area contributed by atoms with Crippen LogP contribution in [0.4, 0.5) is 0 Å². The zero-order valence-electron chi connectivity index (χ0n) is 11.7. The summed E-state index contributed by atoms with van der Waals surface area (Å²) in [7, 11) is 1.68. The van der Waals surface area contributed by atoms with Crippen molar-refractivity contribution in [2.24, 2.45) is 4.99 Å². The first-order valence-electron chi connectivity index (χ1n) is 6.54. The zero-order valence-corrected chi connectivity index (χ0v) is 11.7. The van der Waals surface area contributed by atoms with Crippen molar-refractivity contribution in [3.05, 3.63) is 12.7 Å². The van der Waals surface area contributed by atoms with E-state index >= 15 is 0 Å². The molecule has 5 nitrogen and oxygen atoms in total. The second-order valence-corrected chi connectivity index (χ2v) is 3.74. The Morgan fingerprint density at radius 1 is 1.22 bits per heavy atom. The Balaban J connectivity index is 3.52. The minimum absolute atomic E-state index is 0.661. The van der Waals surface area contributed by atoms with E-state index in [0.29, 0.717) is 13.2 Å². The Morgan fingerprint density at radius 2 is 2.06 bits per heavy atom. The van der Waals surface area contributed by atoms with E-state index in [0.717, 1.165) is 45.0 Å². The lowest BCUT2D eigenvalue weighted by molar-refractivity contribution is 0.0690. The van der Waals surface area contributed by atoms with Crippen molar-refractivity contribution in [1.82, 2.24) is 10.6 Å². The number of nitrogens with one attached hydrogen (secondary N) is 2. The van der Waals surface area contributed by atoms with Crippen LogP contribution in [0.2, 0.25) is 0 Å². The molecule has 0 unspecified atom stereocenters. The van der Waals surface area contributed by atoms with Crippen molar-refractivity contribution in [3.8, 4) is 0 Å². The fourth-order valence-electron chi connectivity index (χ4n) is 1.26. The largest absolute Gasteiger partial charge is 0.382 e. The Hall–Kier alpha value is -1.07. The molecule has 0 saturated carbocycles. The van der Waals surface area contributed by atoms with Crippen LogP contribution in [-0.2, 0) is 9.47 Å². The van der Waals surface area contributed by atoms with E-state index in [1.807, 2.05) is 6.08 Å². The molecule has 0 aliphatic rings. The van der Waals surface area contributed by atoms with Crippen molar-refractivity contribution in [1.29, 1.82) is 0 Å². The number of nitrogens with zero attached hydrogens (tertiary/aromatic N) is 1. The smallest absolute Gasteiger partial charge is 0.191 e. The summed E-state index contributed by atoms with van der Waals surface area (Å²) >= 11 is 0. The molecule has 106 valence electrons. The Bertz CT molecular complexity index is 220. The van der Waals surface area contributed by atoms with E-state index in [9.17, 15) is 0 Å². The van der Waals surface area contributed by atoms with E-state index in [-0.39, 0.29) is 0 Å². The third kappa shape index (κ3) is 11.4. The molecule has 0 aliphatic carbocycles. The van der Waals surface area contributed by atoms with Gasteiger partial charge in [0.15, 0.2) is 5.96 Å². The summed E-state index contributed by atoms with van der Waals surface area (Å²) in [6, 6.07) is 0. The minimum Gasteiger partial charge on any atom is -0.382 e. The first-order valence-corrected chi connectivity index (χ1v) is 6.54. The van der Waals surface area contributed by atoms with Crippen molar-refractivity contribution in [3.63, 3.8) is 0 Å². The Labute approximate surface area is 111 Å². The fraction of sp³-hybridized carbons (Fsp3) is 0.769. The van der Waals surface area contributed by atoms with Gasteiger partial charge in [0, 0.05) is 33.4 Å². The molecule has 0 saturated heterocycles. The summed E-state index contributed by atoms with van der Waals surface area (Å²) in [5, 5.41) is 6.34. The highest BCUT2D eigenvalue weighted by Crippen LogP contribution is 1.91. The second-order valence-electron chi connectivity index (χ2n) is 3.74. The summed E-state index contributed by atoms with van der Waals surface area (Å²) < 4.78 is 10.3. The van der Waals surface area contributed by atoms with Crippen LogP contribution in [0.15, 0.2) is 17.6 Å². The van der Waals surface area contributed by atoms with Crippen LogP contribution in [0.1, 0.15) is 19.8 Å². The van der Waals surface area contributed by atoms with E-state index in [1.54, 1.807) is 7.11 Å². The molecule has 2 N–H and O–H groups in total. The number of ether oxygens (including phenoxy) is 2. The predicted octanol–water partition coefficient (Wildman–Crippen LogP) is 1.17. The van der Waals surface area contributed by atoms with Crippen LogP contribution >= 0.6 is 0 Å². The number of rotatable bonds is 11. The molecule has 0 bridgehead atoms. The van der Waals surface area contributed by atoms with E-state index < -0.39 is 0 Å². The highest BCUT2D eigenvalue weighted by molar-refractivity contribution is 5.79. The highest BCUT2D eigenvalue weighted by Gasteiger charge is 1.94. The number of guanidine groups is 1. The molecule has 0 amide bonds. The maximum atomic E-state index is 5.38. The number of hydrogen-bond donors (Lipinski definition) is 2. The molecule has 0 aromatic rings. The lowest BCUT2D eigenvalue weighted by Crippen LogP contribution is -2.37. The zero-order chi connectivity index (χ0) is 13.5. The van der Waals surface area contributed by atoms with Crippen LogP contribution < -0.4 is 10.6 Å². The lowest BCUT2D eigenvalue weighted by Gasteiger charge is -2.09. The average Bonchev–Trinajstić information content (AvgIpc) is 2.39. The summed E-state index contributed by atoms with van der Waals surface area (Å²) in [6.45, 7) is 10.2. The van der Waals surface area contributed by atoms with Gasteiger partial charge in [-0.3, -0.25) is 4.99 Å². The Kier molecular flexibility index (Phi) is 13.2. The fourth-order valence-corrected chi connectivity index (χ4v) is 1.26. The topological polar surface area (TPSA) is 54.9 Å². The summed E-state index contributed by atoms with van der Waals surface area (Å²) in [5.41, 5.74) is 0. The van der Waals surface area contributed by atoms with Gasteiger partial charge in [0.25, 0.3) is 0 Å². The van der Waals surface area contributed by atoms with Gasteiger partial charge in [-0.05, 0) is 19.8 Å². The predicted molar refractivity (Wildman–Crippen MR) is 76.1 cm³/mol. The van der Waals surface area contributed by atoms with E-state index in [2.05, 4.69) is 29.1 Å². The van der Waals surface area contributed by atoms with Gasteiger partial charge in [0.05, 0.1) is 13.2 Å². The van der Waals surface area contributed by atoms with Gasteiger partial charge in [-0.25, -0.2) is 0 Å². The van der Waals surface area contributed by atoms with Gasteiger partial charge in [0.2, 0.25) is 0 Å². The lowest BCUT2D eigenvalue weighted by atomic mass is 10.3. The number of hydrogen-bond acceptors (Lipinski definition) is 3. The van der Waals surface area contributed by atoms with Gasteiger partial charge >= 0.3 is 0 Å². The normalized spacial score (nSPS) is 11.3. The van der Waals surface area contributed by atoms with Crippen molar-refractivity contribution in [2.75, 3.05) is 46.6 Å². The quantitative estimate of drug-likeness (QED) is 0.252. The minimum atomic E-state index is 0.661. The Morgan fingerprint density at radius 3 is 2.72 bits per heavy atom. The molecule has 0 aromatic carbocycles. The van der Waals surface area contributed by atoms with Crippen molar-refractivity contribution in [2.45, 2.75) is 19.8 Å². The molecular weight excluding hydrogens is 230 g/mol. The third-order valence-corrected chi connectivity index (χ3v) is 2.16. The summed E-state index contributed by atoms with van der Waals surface area (Å²) in [5.74, 6) is 0.845. The van der Waals surface area contributed by atoms with Gasteiger partial charge in [-0.2, -0.15) is 0 Å². The standard InChI is InChI=1S/C13H27N3O2/c1-4-8-15-13(14-5-2)16-9-6-7-10-18-12-11-17-3/h4H,1,5-12H2,2-3H3,(H2,14,15,16). The molecule has 0 rings (SSSR count). The van der Waals surface area contributed by atoms with E-state index in [4.69, 9.17) is 9.47 Å². The van der Waals surface area contributed by atoms with Crippen LogP contribution in [0.5, 0.6) is 0 Å². The third-order valence-electron chi connectivity index (χ3n) is 2.16. The van der Waals surface area contributed by atoms with E-state index in [1.165, 1.54) is 0 Å². The maximum Gasteiger partial charge on any atom is 0.191 e. The summed E-state index contributed by atoms with van der Waals surface area (Å²) in [4.78, 5) is 4.45. The van der Waals surface area contributed by atoms with Gasteiger partial charge in [0.1, 0.15) is 0 Å². The number of methoxy groups -OCH3 is 1. The number of unbranched alkanes of at least 4 members (excludes halogenated alkanes) is 1. The first kappa shape index (κ1) is 16.9. The molecule has 0 spiro atoms. The average molecular weight is 257 g/mol. The van der Waals surface area contributed by atoms with Gasteiger partial charge in [-0.15, -0.1) is 6.58 Å². The van der Waals surface area contributed by atoms with Crippen LogP contribution in [0.25, 0.3) is 0 Å². The molecule has 0 aliphatic heterocycles. The van der Waals surface area contributed by atoms with Crippen LogP contribution in [0.3, 0.4) is 0 Å². The monoisotopic (exact) mass is 257 g/mol. The second kappa shape index (κ2) is 14.0. The molecule has 0 heterocycles. The molecule has 0 radical (unpaired) electrons. The summed E-state index contributed by atoms with van der Waals surface area (Å²) in [6.07, 6.45) is 3.86. The van der Waals surface area contributed by atoms with Gasteiger partial charge in [-0.1, -0.05) is 6.08 Å². The van der Waals surface area contributed by atoms with Crippen molar-refractivity contribution >= 4 is 5.96 Å². The molecule has 0 fully saturated rings. The molecule has 0 atom stereocenters. The van der Waals surface area contributed by atoms with Gasteiger partial charge < -0.3 is 20.1 Å². The molecular formula is C13H27N3O2.